The monoisotopic (exact) mass is 732 g/mol. The van der Waals surface area contributed by atoms with Gasteiger partial charge in [0.2, 0.25) is 5.95 Å². The SMILES string of the molecule is c1ccc(-n2c3ccccc3c3ccc4sc5ccc6c7ccccc7n(-c7nc(-c8cccc9c8oc8ccccc89)c8ccccc8n7)c6c5c4c32)cc1. The molecule has 5 heterocycles. The van der Waals surface area contributed by atoms with E-state index in [2.05, 4.69) is 167 Å². The van der Waals surface area contributed by atoms with Gasteiger partial charge in [-0.05, 0) is 54.6 Å². The number of thiophene rings is 1. The Labute approximate surface area is 322 Å². The van der Waals surface area contributed by atoms with Crippen LogP contribution in [0, 0.1) is 0 Å². The Kier molecular flexibility index (Phi) is 5.98. The van der Waals surface area contributed by atoms with Crippen LogP contribution in [0.4, 0.5) is 0 Å². The molecule has 0 bridgehead atoms. The van der Waals surface area contributed by atoms with Crippen molar-refractivity contribution in [2.75, 3.05) is 0 Å². The standard InChI is InChI=1S/C50H28N4OS/c1-2-13-29(14-3-1)53-39-22-9-5-15-30(39)33-25-27-42-44(47(33)53)45-43(56-42)28-26-34-31-16-6-10-23-40(31)54(48(34)45)50-51-38-21-8-4-18-36(38)46(52-50)37-20-12-19-35-32-17-7-11-24-41(32)55-49(35)37/h1-28H. The Hall–Kier alpha value is -7.28. The second-order valence-corrected chi connectivity index (χ2v) is 15.6. The molecule has 0 amide bonds. The van der Waals surface area contributed by atoms with E-state index in [0.717, 1.165) is 66.2 Å². The number of nitrogens with zero attached hydrogens (tertiary/aromatic N) is 4. The van der Waals surface area contributed by atoms with Crippen molar-refractivity contribution >= 4 is 108 Å². The van der Waals surface area contributed by atoms with Gasteiger partial charge in [-0.3, -0.25) is 4.57 Å². The van der Waals surface area contributed by atoms with E-state index in [0.29, 0.717) is 5.95 Å². The Bertz CT molecular complexity index is 3770. The first-order valence-corrected chi connectivity index (χ1v) is 19.7. The number of aromatic nitrogens is 4. The first-order valence-electron chi connectivity index (χ1n) is 18.8. The zero-order chi connectivity index (χ0) is 36.5. The molecule has 56 heavy (non-hydrogen) atoms. The zero-order valence-corrected chi connectivity index (χ0v) is 30.6. The zero-order valence-electron chi connectivity index (χ0n) is 29.8. The number of hydrogen-bond donors (Lipinski definition) is 0. The average molecular weight is 733 g/mol. The minimum Gasteiger partial charge on any atom is -0.455 e. The molecule has 0 aliphatic carbocycles. The minimum absolute atomic E-state index is 0.626. The number of hydrogen-bond acceptors (Lipinski definition) is 4. The van der Waals surface area contributed by atoms with Crippen LogP contribution in [0.3, 0.4) is 0 Å². The van der Waals surface area contributed by atoms with E-state index in [-0.39, 0.29) is 0 Å². The number of furan rings is 1. The van der Waals surface area contributed by atoms with Crippen LogP contribution in [-0.2, 0) is 0 Å². The number of rotatable bonds is 3. The van der Waals surface area contributed by atoms with E-state index in [1.807, 2.05) is 23.5 Å². The minimum atomic E-state index is 0.626. The maximum absolute atomic E-state index is 6.60. The summed E-state index contributed by atoms with van der Waals surface area (Å²) >= 11 is 1.85. The van der Waals surface area contributed by atoms with Crippen molar-refractivity contribution in [3.63, 3.8) is 0 Å². The van der Waals surface area contributed by atoms with Gasteiger partial charge < -0.3 is 8.98 Å². The molecular weight excluding hydrogens is 705 g/mol. The molecule has 5 nitrogen and oxygen atoms in total. The summed E-state index contributed by atoms with van der Waals surface area (Å²) in [5.74, 6) is 0.626. The van der Waals surface area contributed by atoms with E-state index in [1.54, 1.807) is 0 Å². The number of para-hydroxylation sites is 6. The van der Waals surface area contributed by atoms with Crippen LogP contribution in [0.2, 0.25) is 0 Å². The van der Waals surface area contributed by atoms with Gasteiger partial charge in [0.05, 0.1) is 33.3 Å². The lowest BCUT2D eigenvalue weighted by Gasteiger charge is -2.13. The first-order chi connectivity index (χ1) is 27.8. The molecule has 0 aliphatic rings. The highest BCUT2D eigenvalue weighted by Gasteiger charge is 2.25. The third-order valence-electron chi connectivity index (χ3n) is 11.5. The van der Waals surface area contributed by atoms with Crippen LogP contribution >= 0.6 is 11.3 Å². The Balaban J connectivity index is 1.21. The van der Waals surface area contributed by atoms with Gasteiger partial charge >= 0.3 is 0 Å². The summed E-state index contributed by atoms with van der Waals surface area (Å²) in [6.07, 6.45) is 0. The largest absolute Gasteiger partial charge is 0.455 e. The smallest absolute Gasteiger partial charge is 0.235 e. The van der Waals surface area contributed by atoms with Crippen molar-refractivity contribution < 1.29 is 4.42 Å². The van der Waals surface area contributed by atoms with Crippen LogP contribution < -0.4 is 0 Å². The van der Waals surface area contributed by atoms with Crippen LogP contribution in [-0.4, -0.2) is 19.1 Å². The lowest BCUT2D eigenvalue weighted by molar-refractivity contribution is 0.670. The molecule has 0 unspecified atom stereocenters. The molecule has 6 heteroatoms. The highest BCUT2D eigenvalue weighted by molar-refractivity contribution is 7.26. The molecule has 13 rings (SSSR count). The first kappa shape index (κ1) is 30.1. The van der Waals surface area contributed by atoms with Crippen molar-refractivity contribution in [3.05, 3.63) is 170 Å². The predicted molar refractivity (Wildman–Crippen MR) is 234 cm³/mol. The lowest BCUT2D eigenvalue weighted by Crippen LogP contribution is -2.03. The highest BCUT2D eigenvalue weighted by Crippen LogP contribution is 2.48. The van der Waals surface area contributed by atoms with E-state index in [9.17, 15) is 0 Å². The number of fused-ring (bicyclic) bond motifs is 15. The summed E-state index contributed by atoms with van der Waals surface area (Å²) in [6.45, 7) is 0. The van der Waals surface area contributed by atoms with Crippen molar-refractivity contribution in [2.24, 2.45) is 0 Å². The second kappa shape index (κ2) is 11.1. The quantitative estimate of drug-likeness (QED) is 0.182. The van der Waals surface area contributed by atoms with E-state index in [1.165, 1.54) is 47.4 Å². The Morgan fingerprint density at radius 1 is 0.429 bits per heavy atom. The van der Waals surface area contributed by atoms with Gasteiger partial charge in [-0.2, -0.15) is 0 Å². The van der Waals surface area contributed by atoms with Crippen molar-refractivity contribution in [1.29, 1.82) is 0 Å². The summed E-state index contributed by atoms with van der Waals surface area (Å²) in [5.41, 5.74) is 10.1. The maximum Gasteiger partial charge on any atom is 0.235 e. The van der Waals surface area contributed by atoms with Gasteiger partial charge in [0.1, 0.15) is 11.2 Å². The van der Waals surface area contributed by atoms with Gasteiger partial charge in [0, 0.05) is 69.1 Å². The summed E-state index contributed by atoms with van der Waals surface area (Å²) in [6, 6.07) is 60.3. The third kappa shape index (κ3) is 3.98. The molecule has 0 saturated heterocycles. The molecule has 8 aromatic carbocycles. The third-order valence-corrected chi connectivity index (χ3v) is 12.7. The summed E-state index contributed by atoms with van der Waals surface area (Å²) < 4.78 is 13.8. The average Bonchev–Trinajstić information content (AvgIpc) is 4.01. The van der Waals surface area contributed by atoms with Gasteiger partial charge in [0.15, 0.2) is 0 Å². The molecule has 5 aromatic heterocycles. The van der Waals surface area contributed by atoms with Crippen molar-refractivity contribution in [2.45, 2.75) is 0 Å². The molecule has 0 saturated carbocycles. The molecule has 0 radical (unpaired) electrons. The fourth-order valence-corrected chi connectivity index (χ4v) is 10.3. The van der Waals surface area contributed by atoms with E-state index >= 15 is 0 Å². The number of benzene rings is 8. The predicted octanol–water partition coefficient (Wildman–Crippen LogP) is 13.8. The van der Waals surface area contributed by atoms with Crippen molar-refractivity contribution in [3.8, 4) is 22.9 Å². The second-order valence-electron chi connectivity index (χ2n) is 14.5. The molecule has 0 atom stereocenters. The van der Waals surface area contributed by atoms with Crippen LogP contribution in [0.1, 0.15) is 0 Å². The molecule has 0 fully saturated rings. The summed E-state index contributed by atoms with van der Waals surface area (Å²) in [4.78, 5) is 10.9. The Morgan fingerprint density at radius 2 is 1.02 bits per heavy atom. The topological polar surface area (TPSA) is 48.8 Å². The van der Waals surface area contributed by atoms with Gasteiger partial charge in [-0.25, -0.2) is 9.97 Å². The lowest BCUT2D eigenvalue weighted by atomic mass is 10.0. The maximum atomic E-state index is 6.60. The van der Waals surface area contributed by atoms with Gasteiger partial charge in [-0.15, -0.1) is 11.3 Å². The fraction of sp³-hybridized carbons (Fsp3) is 0. The summed E-state index contributed by atoms with van der Waals surface area (Å²) in [5, 5.41) is 10.4. The normalized spacial score (nSPS) is 12.3. The molecule has 13 aromatic rings. The van der Waals surface area contributed by atoms with Crippen LogP contribution in [0.15, 0.2) is 174 Å². The van der Waals surface area contributed by atoms with Gasteiger partial charge in [0.25, 0.3) is 0 Å². The Morgan fingerprint density at radius 3 is 1.77 bits per heavy atom. The summed E-state index contributed by atoms with van der Waals surface area (Å²) in [7, 11) is 0. The van der Waals surface area contributed by atoms with Crippen molar-refractivity contribution in [1.82, 2.24) is 19.1 Å². The fourth-order valence-electron chi connectivity index (χ4n) is 9.21. The molecule has 260 valence electrons. The van der Waals surface area contributed by atoms with Crippen LogP contribution in [0.25, 0.3) is 120 Å². The molecule has 0 N–H and O–H groups in total. The highest BCUT2D eigenvalue weighted by atomic mass is 32.1. The van der Waals surface area contributed by atoms with E-state index < -0.39 is 0 Å². The van der Waals surface area contributed by atoms with Crippen LogP contribution in [0.5, 0.6) is 0 Å². The molecular formula is C50H28N4OS. The molecule has 0 spiro atoms. The van der Waals surface area contributed by atoms with E-state index in [4.69, 9.17) is 14.4 Å². The molecule has 0 aliphatic heterocycles. The van der Waals surface area contributed by atoms with Gasteiger partial charge in [-0.1, -0.05) is 115 Å².